The molecule has 0 fully saturated rings. The van der Waals surface area contributed by atoms with Gasteiger partial charge in [0, 0.05) is 23.7 Å². The molecule has 0 amide bonds. The van der Waals surface area contributed by atoms with Crippen LogP contribution in [0.25, 0.3) is 28.0 Å². The maximum atomic E-state index is 5.47. The Hall–Kier alpha value is -3.55. The highest BCUT2D eigenvalue weighted by molar-refractivity contribution is 5.84. The molecule has 4 aromatic rings. The zero-order chi connectivity index (χ0) is 19.8. The van der Waals surface area contributed by atoms with Gasteiger partial charge >= 0.3 is 0 Å². The second-order valence-corrected chi connectivity index (χ2v) is 6.35. The molecule has 0 saturated carbocycles. The Morgan fingerprint density at radius 1 is 0.929 bits per heavy atom. The topological polar surface area (TPSA) is 76.2 Å². The number of rotatable bonds is 5. The van der Waals surface area contributed by atoms with Crippen LogP contribution in [-0.2, 0) is 7.05 Å². The molecule has 0 aliphatic rings. The van der Waals surface area contributed by atoms with E-state index in [4.69, 9.17) is 14.2 Å². The zero-order valence-electron chi connectivity index (χ0n) is 16.4. The van der Waals surface area contributed by atoms with Crippen molar-refractivity contribution in [3.63, 3.8) is 0 Å². The van der Waals surface area contributed by atoms with Gasteiger partial charge in [-0.3, -0.25) is 9.25 Å². The number of nitrogens with zero attached hydrogens (tertiary/aromatic N) is 5. The third-order valence-electron chi connectivity index (χ3n) is 4.77. The van der Waals surface area contributed by atoms with Crippen molar-refractivity contribution in [2.24, 2.45) is 7.05 Å². The first-order valence-electron chi connectivity index (χ1n) is 8.71. The van der Waals surface area contributed by atoms with E-state index in [1.807, 2.05) is 47.5 Å². The number of hydrogen-bond donors (Lipinski definition) is 0. The first kappa shape index (κ1) is 17.8. The van der Waals surface area contributed by atoms with E-state index in [0.29, 0.717) is 23.1 Å². The molecule has 4 rings (SSSR count). The number of ether oxygens (including phenoxy) is 3. The van der Waals surface area contributed by atoms with Gasteiger partial charge in [0.1, 0.15) is 6.33 Å². The number of aryl methyl sites for hydroxylation is 2. The normalized spacial score (nSPS) is 11.0. The smallest absolute Gasteiger partial charge is 0.203 e. The molecular weight excluding hydrogens is 358 g/mol. The fourth-order valence-electron chi connectivity index (χ4n) is 3.41. The van der Waals surface area contributed by atoms with E-state index >= 15 is 0 Å². The van der Waals surface area contributed by atoms with Gasteiger partial charge in [0.15, 0.2) is 17.3 Å². The Morgan fingerprint density at radius 2 is 1.64 bits per heavy atom. The Kier molecular flexibility index (Phi) is 4.38. The zero-order valence-corrected chi connectivity index (χ0v) is 16.4. The van der Waals surface area contributed by atoms with Crippen molar-refractivity contribution < 1.29 is 14.2 Å². The lowest BCUT2D eigenvalue weighted by molar-refractivity contribution is 0.324. The quantitative estimate of drug-likeness (QED) is 0.530. The lowest BCUT2D eigenvalue weighted by atomic mass is 10.1. The summed E-state index contributed by atoms with van der Waals surface area (Å²) in [6.45, 7) is 2.00. The highest BCUT2D eigenvalue weighted by atomic mass is 16.5. The molecule has 2 aromatic heterocycles. The molecule has 2 aromatic carbocycles. The van der Waals surface area contributed by atoms with Gasteiger partial charge in [0.05, 0.1) is 32.5 Å². The van der Waals surface area contributed by atoms with Gasteiger partial charge in [0.25, 0.3) is 0 Å². The summed E-state index contributed by atoms with van der Waals surface area (Å²) >= 11 is 0. The lowest BCUT2D eigenvalue weighted by Gasteiger charge is -2.14. The molecular formula is C20H21N5O3. The molecule has 2 heterocycles. The van der Waals surface area contributed by atoms with Gasteiger partial charge in [0.2, 0.25) is 5.75 Å². The molecule has 0 saturated heterocycles. The Balaban J connectivity index is 1.87. The fourth-order valence-corrected chi connectivity index (χ4v) is 3.41. The van der Waals surface area contributed by atoms with E-state index in [9.17, 15) is 0 Å². The van der Waals surface area contributed by atoms with Crippen LogP contribution in [0.1, 0.15) is 5.69 Å². The average Bonchev–Trinajstić information content (AvgIpc) is 3.31. The number of aromatic nitrogens is 5. The molecule has 0 aliphatic carbocycles. The van der Waals surface area contributed by atoms with Gasteiger partial charge in [-0.25, -0.2) is 0 Å². The number of fused-ring (bicyclic) bond motifs is 1. The molecule has 8 heteroatoms. The summed E-state index contributed by atoms with van der Waals surface area (Å²) in [7, 11) is 6.69. The van der Waals surface area contributed by atoms with Crippen molar-refractivity contribution in [3.8, 4) is 34.3 Å². The van der Waals surface area contributed by atoms with Crippen LogP contribution < -0.4 is 14.2 Å². The SMILES string of the molecule is COc1cc(-c2nncn2-c2ccc3c(c2)c(C)nn3C)cc(OC)c1OC. The molecule has 0 bridgehead atoms. The van der Waals surface area contributed by atoms with Gasteiger partial charge in [-0.2, -0.15) is 5.10 Å². The van der Waals surface area contributed by atoms with E-state index in [-0.39, 0.29) is 0 Å². The molecule has 0 atom stereocenters. The standard InChI is InChI=1S/C20H21N5O3/c1-12-15-10-14(6-7-16(15)24(2)23-12)25-11-21-22-20(25)13-8-17(26-3)19(28-5)18(9-13)27-4/h6-11H,1-5H3. The van der Waals surface area contributed by atoms with E-state index in [0.717, 1.165) is 27.8 Å². The van der Waals surface area contributed by atoms with E-state index in [1.165, 1.54) is 0 Å². The molecule has 0 radical (unpaired) electrons. The van der Waals surface area contributed by atoms with Crippen LogP contribution in [0.3, 0.4) is 0 Å². The summed E-state index contributed by atoms with van der Waals surface area (Å²) < 4.78 is 20.1. The average molecular weight is 379 g/mol. The van der Waals surface area contributed by atoms with Crippen LogP contribution in [0.4, 0.5) is 0 Å². The third kappa shape index (κ3) is 2.74. The minimum Gasteiger partial charge on any atom is -0.493 e. The van der Waals surface area contributed by atoms with Crippen LogP contribution >= 0.6 is 0 Å². The predicted octanol–water partition coefficient (Wildman–Crippen LogP) is 3.16. The Bertz CT molecular complexity index is 1140. The van der Waals surface area contributed by atoms with E-state index in [1.54, 1.807) is 27.7 Å². The third-order valence-corrected chi connectivity index (χ3v) is 4.77. The van der Waals surface area contributed by atoms with Crippen LogP contribution in [0.2, 0.25) is 0 Å². The maximum Gasteiger partial charge on any atom is 0.203 e. The molecule has 28 heavy (non-hydrogen) atoms. The Labute approximate surface area is 162 Å². The van der Waals surface area contributed by atoms with Crippen molar-refractivity contribution in [1.82, 2.24) is 24.5 Å². The fraction of sp³-hybridized carbons (Fsp3) is 0.250. The first-order valence-corrected chi connectivity index (χ1v) is 8.71. The first-order chi connectivity index (χ1) is 13.6. The lowest BCUT2D eigenvalue weighted by Crippen LogP contribution is -1.99. The van der Waals surface area contributed by atoms with Crippen molar-refractivity contribution >= 4 is 10.9 Å². The largest absolute Gasteiger partial charge is 0.493 e. The molecule has 0 aliphatic heterocycles. The highest BCUT2D eigenvalue weighted by Gasteiger charge is 2.18. The number of benzene rings is 2. The van der Waals surface area contributed by atoms with Crippen molar-refractivity contribution in [3.05, 3.63) is 42.4 Å². The summed E-state index contributed by atoms with van der Waals surface area (Å²) in [5.74, 6) is 2.32. The summed E-state index contributed by atoms with van der Waals surface area (Å²) in [6.07, 6.45) is 1.69. The molecule has 0 N–H and O–H groups in total. The molecule has 144 valence electrons. The predicted molar refractivity (Wildman–Crippen MR) is 105 cm³/mol. The summed E-state index contributed by atoms with van der Waals surface area (Å²) in [5, 5.41) is 14.0. The van der Waals surface area contributed by atoms with Crippen LogP contribution in [-0.4, -0.2) is 45.9 Å². The summed E-state index contributed by atoms with van der Waals surface area (Å²) in [6, 6.07) is 9.87. The van der Waals surface area contributed by atoms with Crippen molar-refractivity contribution in [2.75, 3.05) is 21.3 Å². The van der Waals surface area contributed by atoms with Gasteiger partial charge in [-0.1, -0.05) is 0 Å². The van der Waals surface area contributed by atoms with Gasteiger partial charge in [-0.05, 0) is 37.3 Å². The Morgan fingerprint density at radius 3 is 2.29 bits per heavy atom. The summed E-state index contributed by atoms with van der Waals surface area (Å²) in [5.41, 5.74) is 3.79. The molecule has 0 unspecified atom stereocenters. The monoisotopic (exact) mass is 379 g/mol. The van der Waals surface area contributed by atoms with Crippen LogP contribution in [0, 0.1) is 6.92 Å². The van der Waals surface area contributed by atoms with Crippen molar-refractivity contribution in [2.45, 2.75) is 6.92 Å². The molecule has 8 nitrogen and oxygen atoms in total. The van der Waals surface area contributed by atoms with Crippen LogP contribution in [0.15, 0.2) is 36.7 Å². The highest BCUT2D eigenvalue weighted by Crippen LogP contribution is 2.41. The second kappa shape index (κ2) is 6.88. The number of hydrogen-bond acceptors (Lipinski definition) is 6. The van der Waals surface area contributed by atoms with E-state index < -0.39 is 0 Å². The minimum absolute atomic E-state index is 0.534. The van der Waals surface area contributed by atoms with Crippen molar-refractivity contribution in [1.29, 1.82) is 0 Å². The van der Waals surface area contributed by atoms with E-state index in [2.05, 4.69) is 21.4 Å². The minimum atomic E-state index is 0.534. The number of methoxy groups -OCH3 is 3. The maximum absolute atomic E-state index is 5.47. The van der Waals surface area contributed by atoms with Gasteiger partial charge < -0.3 is 14.2 Å². The molecule has 0 spiro atoms. The van der Waals surface area contributed by atoms with Gasteiger partial charge in [-0.15, -0.1) is 10.2 Å². The second-order valence-electron chi connectivity index (χ2n) is 6.35. The van der Waals surface area contributed by atoms with Crippen LogP contribution in [0.5, 0.6) is 17.2 Å². The summed E-state index contributed by atoms with van der Waals surface area (Å²) in [4.78, 5) is 0.